The molecule has 0 aliphatic heterocycles. The lowest BCUT2D eigenvalue weighted by atomic mass is 10.1. The van der Waals surface area contributed by atoms with Gasteiger partial charge in [-0.2, -0.15) is 0 Å². The van der Waals surface area contributed by atoms with Crippen molar-refractivity contribution in [3.63, 3.8) is 0 Å². The Hall–Kier alpha value is -1.49. The molecular weight excluding hydrogens is 309 g/mol. The summed E-state index contributed by atoms with van der Waals surface area (Å²) in [4.78, 5) is 0. The zero-order valence-electron chi connectivity index (χ0n) is 9.04. The Balaban J connectivity index is 2.22. The molecule has 0 aromatic heterocycles. The van der Waals surface area contributed by atoms with E-state index in [0.717, 1.165) is 15.6 Å². The quantitative estimate of drug-likeness (QED) is 0.756. The van der Waals surface area contributed by atoms with Gasteiger partial charge in [0.2, 0.25) is 0 Å². The van der Waals surface area contributed by atoms with Crippen LogP contribution >= 0.6 is 15.9 Å². The van der Waals surface area contributed by atoms with Crippen LogP contribution in [0.5, 0.6) is 5.75 Å². The van der Waals surface area contributed by atoms with Crippen LogP contribution in [0.25, 0.3) is 11.1 Å². The molecule has 0 aliphatic carbocycles. The predicted octanol–water partition coefficient (Wildman–Crippen LogP) is 5.01. The van der Waals surface area contributed by atoms with Gasteiger partial charge in [-0.15, -0.1) is 13.2 Å². The van der Waals surface area contributed by atoms with Gasteiger partial charge in [0.1, 0.15) is 5.75 Å². The minimum atomic E-state index is -4.66. The van der Waals surface area contributed by atoms with E-state index in [1.807, 2.05) is 24.3 Å². The lowest BCUT2D eigenvalue weighted by molar-refractivity contribution is -0.274. The topological polar surface area (TPSA) is 9.23 Å². The third kappa shape index (κ3) is 3.50. The van der Waals surface area contributed by atoms with E-state index in [0.29, 0.717) is 0 Å². The van der Waals surface area contributed by atoms with Crippen molar-refractivity contribution >= 4 is 15.9 Å². The first kappa shape index (κ1) is 13.0. The molecule has 2 aromatic rings. The molecule has 0 saturated carbocycles. The van der Waals surface area contributed by atoms with E-state index in [9.17, 15) is 13.2 Å². The van der Waals surface area contributed by atoms with Crippen molar-refractivity contribution in [1.82, 2.24) is 0 Å². The van der Waals surface area contributed by atoms with Gasteiger partial charge < -0.3 is 4.74 Å². The number of ether oxygens (including phenoxy) is 1. The van der Waals surface area contributed by atoms with Gasteiger partial charge in [0.05, 0.1) is 0 Å². The number of hydrogen-bond donors (Lipinski definition) is 0. The summed E-state index contributed by atoms with van der Waals surface area (Å²) < 4.78 is 40.7. The summed E-state index contributed by atoms with van der Waals surface area (Å²) in [6.45, 7) is 0. The summed E-state index contributed by atoms with van der Waals surface area (Å²) >= 11 is 3.34. The Morgan fingerprint density at radius 1 is 0.889 bits per heavy atom. The van der Waals surface area contributed by atoms with E-state index in [4.69, 9.17) is 0 Å². The second-order valence-corrected chi connectivity index (χ2v) is 4.50. The van der Waals surface area contributed by atoms with Crippen LogP contribution in [0.1, 0.15) is 0 Å². The predicted molar refractivity (Wildman–Crippen MR) is 66.3 cm³/mol. The first-order valence-electron chi connectivity index (χ1n) is 5.06. The summed E-state index contributed by atoms with van der Waals surface area (Å²) in [5.41, 5.74) is 1.74. The molecule has 5 heteroatoms. The molecule has 0 N–H and O–H groups in total. The third-order valence-electron chi connectivity index (χ3n) is 2.25. The highest BCUT2D eigenvalue weighted by molar-refractivity contribution is 9.10. The Morgan fingerprint density at radius 2 is 1.56 bits per heavy atom. The Labute approximate surface area is 110 Å². The van der Waals surface area contributed by atoms with E-state index in [1.165, 1.54) is 12.1 Å². The van der Waals surface area contributed by atoms with E-state index in [-0.39, 0.29) is 5.75 Å². The lowest BCUT2D eigenvalue weighted by Gasteiger charge is -2.09. The molecule has 0 heterocycles. The fourth-order valence-corrected chi connectivity index (χ4v) is 1.92. The van der Waals surface area contributed by atoms with E-state index in [2.05, 4.69) is 20.7 Å². The highest BCUT2D eigenvalue weighted by atomic mass is 79.9. The Morgan fingerprint density at radius 3 is 2.11 bits per heavy atom. The van der Waals surface area contributed by atoms with E-state index >= 15 is 0 Å². The van der Waals surface area contributed by atoms with Crippen LogP contribution in [0.4, 0.5) is 13.2 Å². The summed E-state index contributed by atoms with van der Waals surface area (Å²) in [5.74, 6) is -0.221. The normalized spacial score (nSPS) is 11.3. The van der Waals surface area contributed by atoms with Gasteiger partial charge in [-0.05, 0) is 35.4 Å². The van der Waals surface area contributed by atoms with Crippen LogP contribution in [-0.4, -0.2) is 6.36 Å². The van der Waals surface area contributed by atoms with Crippen molar-refractivity contribution in [3.05, 3.63) is 53.0 Å². The summed E-state index contributed by atoms with van der Waals surface area (Å²) in [6, 6.07) is 13.3. The van der Waals surface area contributed by atoms with E-state index in [1.54, 1.807) is 12.1 Å². The Bertz CT molecular complexity index is 535. The number of rotatable bonds is 2. The molecule has 0 bridgehead atoms. The fourth-order valence-electron chi connectivity index (χ4n) is 1.52. The molecule has 0 aliphatic rings. The van der Waals surface area contributed by atoms with Crippen molar-refractivity contribution in [2.75, 3.05) is 0 Å². The second-order valence-electron chi connectivity index (χ2n) is 3.58. The summed E-state index contributed by atoms with van der Waals surface area (Å²) in [6.07, 6.45) is -4.66. The number of halogens is 4. The monoisotopic (exact) mass is 316 g/mol. The fraction of sp³-hybridized carbons (Fsp3) is 0.0769. The first-order chi connectivity index (χ1) is 8.44. The highest BCUT2D eigenvalue weighted by Crippen LogP contribution is 2.27. The Kier molecular flexibility index (Phi) is 3.61. The zero-order chi connectivity index (χ0) is 13.2. The molecule has 0 unspecified atom stereocenters. The van der Waals surface area contributed by atoms with Crippen LogP contribution in [0.3, 0.4) is 0 Å². The van der Waals surface area contributed by atoms with E-state index < -0.39 is 6.36 Å². The molecule has 18 heavy (non-hydrogen) atoms. The van der Waals surface area contributed by atoms with Gasteiger partial charge in [-0.1, -0.05) is 40.2 Å². The molecule has 0 saturated heterocycles. The van der Waals surface area contributed by atoms with Crippen molar-refractivity contribution in [2.45, 2.75) is 6.36 Å². The molecule has 0 fully saturated rings. The molecule has 0 amide bonds. The third-order valence-corrected chi connectivity index (χ3v) is 2.74. The van der Waals surface area contributed by atoms with Crippen molar-refractivity contribution in [2.24, 2.45) is 0 Å². The average Bonchev–Trinajstić information content (AvgIpc) is 2.28. The maximum absolute atomic E-state index is 12.0. The van der Waals surface area contributed by atoms with Crippen molar-refractivity contribution in [3.8, 4) is 16.9 Å². The van der Waals surface area contributed by atoms with Crippen molar-refractivity contribution < 1.29 is 17.9 Å². The molecule has 94 valence electrons. The largest absolute Gasteiger partial charge is 0.573 e. The molecule has 0 atom stereocenters. The second kappa shape index (κ2) is 5.02. The SMILES string of the molecule is FC(F)(F)Oc1ccc(-c2cccc(Br)c2)cc1. The van der Waals surface area contributed by atoms with Crippen LogP contribution in [0.15, 0.2) is 53.0 Å². The van der Waals surface area contributed by atoms with Crippen LogP contribution < -0.4 is 4.74 Å². The van der Waals surface area contributed by atoms with Gasteiger partial charge in [-0.3, -0.25) is 0 Å². The lowest BCUT2D eigenvalue weighted by Crippen LogP contribution is -2.16. The van der Waals surface area contributed by atoms with Gasteiger partial charge in [0, 0.05) is 4.47 Å². The molecule has 1 nitrogen and oxygen atoms in total. The number of alkyl halides is 3. The van der Waals surface area contributed by atoms with Gasteiger partial charge >= 0.3 is 6.36 Å². The molecule has 2 rings (SSSR count). The number of hydrogen-bond acceptors (Lipinski definition) is 1. The first-order valence-corrected chi connectivity index (χ1v) is 5.85. The smallest absolute Gasteiger partial charge is 0.406 e. The van der Waals surface area contributed by atoms with Crippen LogP contribution in [0, 0.1) is 0 Å². The maximum Gasteiger partial charge on any atom is 0.573 e. The molecular formula is C13H8BrF3O. The summed E-state index contributed by atoms with van der Waals surface area (Å²) in [5, 5.41) is 0. The van der Waals surface area contributed by atoms with Gasteiger partial charge in [0.25, 0.3) is 0 Å². The number of benzene rings is 2. The maximum atomic E-state index is 12.0. The average molecular weight is 317 g/mol. The summed E-state index contributed by atoms with van der Waals surface area (Å²) in [7, 11) is 0. The highest BCUT2D eigenvalue weighted by Gasteiger charge is 2.30. The van der Waals surface area contributed by atoms with Gasteiger partial charge in [0.15, 0.2) is 0 Å². The molecule has 0 spiro atoms. The minimum absolute atomic E-state index is 0.221. The standard InChI is InChI=1S/C13H8BrF3O/c14-11-3-1-2-10(8-11)9-4-6-12(7-5-9)18-13(15,16)17/h1-8H. The molecule has 0 radical (unpaired) electrons. The minimum Gasteiger partial charge on any atom is -0.406 e. The van der Waals surface area contributed by atoms with Gasteiger partial charge in [-0.25, -0.2) is 0 Å². The van der Waals surface area contributed by atoms with Crippen LogP contribution in [0.2, 0.25) is 0 Å². The molecule has 2 aromatic carbocycles. The van der Waals surface area contributed by atoms with Crippen molar-refractivity contribution in [1.29, 1.82) is 0 Å². The van der Waals surface area contributed by atoms with Crippen LogP contribution in [-0.2, 0) is 0 Å². The zero-order valence-corrected chi connectivity index (χ0v) is 10.6.